The van der Waals surface area contributed by atoms with Crippen LogP contribution in [0.5, 0.6) is 0 Å². The summed E-state index contributed by atoms with van der Waals surface area (Å²) in [7, 11) is 0.415. The smallest absolute Gasteiger partial charge is 0.399 e. The maximum atomic E-state index is 12.5. The molecule has 0 aromatic heterocycles. The lowest BCUT2D eigenvalue weighted by Crippen LogP contribution is -2.12. The molecule has 16 heavy (non-hydrogen) atoms. The van der Waals surface area contributed by atoms with Gasteiger partial charge in [-0.15, -0.1) is 0 Å². The Labute approximate surface area is 102 Å². The van der Waals surface area contributed by atoms with Gasteiger partial charge in [0.1, 0.15) is 4.90 Å². The molecule has 0 atom stereocenters. The molecule has 0 amide bonds. The van der Waals surface area contributed by atoms with Crippen molar-refractivity contribution in [2.45, 2.75) is 11.1 Å². The van der Waals surface area contributed by atoms with Gasteiger partial charge in [0, 0.05) is 20.8 Å². The Hall–Kier alpha value is -0.470. The van der Waals surface area contributed by atoms with Crippen LogP contribution in [0.1, 0.15) is 5.56 Å². The maximum Gasteiger partial charge on any atom is 0.417 e. The second kappa shape index (κ2) is 4.08. The first kappa shape index (κ1) is 13.6. The van der Waals surface area contributed by atoms with Crippen LogP contribution < -0.4 is 5.73 Å². The van der Waals surface area contributed by atoms with E-state index in [0.29, 0.717) is 6.07 Å². The molecule has 0 radical (unpaired) electrons. The predicted octanol–water partition coefficient (Wildman–Crippen LogP) is 2.98. The zero-order valence-electron chi connectivity index (χ0n) is 7.35. The summed E-state index contributed by atoms with van der Waals surface area (Å²) >= 11 is 2.68. The zero-order valence-corrected chi connectivity index (χ0v) is 10.5. The molecule has 0 aliphatic carbocycles. The number of rotatable bonds is 1. The number of nitrogens with two attached hydrogens (primary N) is 1. The lowest BCUT2D eigenvalue weighted by atomic mass is 10.2. The van der Waals surface area contributed by atoms with E-state index in [9.17, 15) is 21.6 Å². The molecule has 0 spiro atoms. The predicted molar refractivity (Wildman–Crippen MR) is 56.6 cm³/mol. The van der Waals surface area contributed by atoms with Gasteiger partial charge in [-0.1, -0.05) is 0 Å². The minimum atomic E-state index is -4.85. The normalized spacial score (nSPS) is 12.8. The van der Waals surface area contributed by atoms with E-state index in [-0.39, 0.29) is 10.2 Å². The number of anilines is 1. The molecule has 2 N–H and O–H groups in total. The molecule has 1 rings (SSSR count). The van der Waals surface area contributed by atoms with Crippen molar-refractivity contribution >= 4 is 41.4 Å². The van der Waals surface area contributed by atoms with Gasteiger partial charge in [-0.05, 0) is 28.1 Å². The van der Waals surface area contributed by atoms with Crippen molar-refractivity contribution in [2.24, 2.45) is 0 Å². The minimum absolute atomic E-state index is 0.219. The topological polar surface area (TPSA) is 60.2 Å². The fraction of sp³-hybridized carbons (Fsp3) is 0.143. The van der Waals surface area contributed by atoms with Crippen LogP contribution in [0.25, 0.3) is 0 Å². The van der Waals surface area contributed by atoms with Gasteiger partial charge >= 0.3 is 6.18 Å². The van der Waals surface area contributed by atoms with E-state index in [1.807, 2.05) is 0 Å². The molecule has 0 unspecified atom stereocenters. The van der Waals surface area contributed by atoms with E-state index in [1.165, 1.54) is 0 Å². The lowest BCUT2D eigenvalue weighted by Gasteiger charge is -2.13. The molecule has 0 heterocycles. The standard InChI is InChI=1S/C7H4BrClF3NO2S/c8-5-2-3(13)1-4(7(10,11)12)6(5)16(9,14)15/h1-2H,13H2. The average molecular weight is 339 g/mol. The quantitative estimate of drug-likeness (QED) is 0.632. The number of alkyl halides is 3. The fourth-order valence-electron chi connectivity index (χ4n) is 1.07. The Kier molecular flexibility index (Phi) is 3.47. The number of nitrogen functional groups attached to an aromatic ring is 1. The first-order valence-corrected chi connectivity index (χ1v) is 6.74. The summed E-state index contributed by atoms with van der Waals surface area (Å²) in [6, 6.07) is 1.55. The fourth-order valence-corrected chi connectivity index (χ4v) is 3.70. The first-order valence-electron chi connectivity index (χ1n) is 3.64. The highest BCUT2D eigenvalue weighted by atomic mass is 79.9. The van der Waals surface area contributed by atoms with E-state index >= 15 is 0 Å². The Bertz CT molecular complexity index is 529. The number of benzene rings is 1. The third kappa shape index (κ3) is 2.80. The number of halogens is 5. The van der Waals surface area contributed by atoms with Gasteiger partial charge in [-0.3, -0.25) is 0 Å². The van der Waals surface area contributed by atoms with Gasteiger partial charge in [-0.25, -0.2) is 8.42 Å². The minimum Gasteiger partial charge on any atom is -0.399 e. The second-order valence-electron chi connectivity index (χ2n) is 2.82. The molecule has 1 aromatic rings. The zero-order chi connectivity index (χ0) is 12.7. The molecule has 0 bridgehead atoms. The molecule has 0 aliphatic heterocycles. The van der Waals surface area contributed by atoms with E-state index in [1.54, 1.807) is 0 Å². The van der Waals surface area contributed by atoms with Gasteiger partial charge in [0.25, 0.3) is 9.05 Å². The Morgan fingerprint density at radius 2 is 1.81 bits per heavy atom. The summed E-state index contributed by atoms with van der Waals surface area (Å²) in [6.45, 7) is 0. The van der Waals surface area contributed by atoms with Crippen molar-refractivity contribution in [3.8, 4) is 0 Å². The Morgan fingerprint density at radius 1 is 1.31 bits per heavy atom. The summed E-state index contributed by atoms with van der Waals surface area (Å²) < 4.78 is 59.3. The highest BCUT2D eigenvalue weighted by Gasteiger charge is 2.38. The van der Waals surface area contributed by atoms with Crippen LogP contribution in [0, 0.1) is 0 Å². The molecule has 9 heteroatoms. The van der Waals surface area contributed by atoms with Crippen LogP contribution in [-0.2, 0) is 15.2 Å². The molecule has 0 fully saturated rings. The number of hydrogen-bond donors (Lipinski definition) is 1. The summed E-state index contributed by atoms with van der Waals surface area (Å²) in [6.07, 6.45) is -4.85. The number of hydrogen-bond acceptors (Lipinski definition) is 3. The molecular formula is C7H4BrClF3NO2S. The first-order chi connectivity index (χ1) is 7.03. The summed E-state index contributed by atoms with van der Waals surface area (Å²) in [5.41, 5.74) is 3.59. The van der Waals surface area contributed by atoms with Crippen LogP contribution in [0.4, 0.5) is 18.9 Å². The van der Waals surface area contributed by atoms with Crippen LogP contribution in [0.2, 0.25) is 0 Å². The molecule has 0 saturated carbocycles. The molecular weight excluding hydrogens is 334 g/mol. The maximum absolute atomic E-state index is 12.5. The van der Waals surface area contributed by atoms with Crippen LogP contribution in [0.15, 0.2) is 21.5 Å². The Morgan fingerprint density at radius 3 is 2.19 bits per heavy atom. The highest BCUT2D eigenvalue weighted by molar-refractivity contribution is 9.10. The van der Waals surface area contributed by atoms with E-state index in [2.05, 4.69) is 15.9 Å². The molecule has 1 aromatic carbocycles. The summed E-state index contributed by atoms with van der Waals surface area (Å²) in [5.74, 6) is 0. The SMILES string of the molecule is Nc1cc(Br)c(S(=O)(=O)Cl)c(C(F)(F)F)c1. The van der Waals surface area contributed by atoms with Gasteiger partial charge in [0.05, 0.1) is 5.56 Å². The average Bonchev–Trinajstić information content (AvgIpc) is 1.97. The van der Waals surface area contributed by atoms with Crippen molar-refractivity contribution in [2.75, 3.05) is 5.73 Å². The van der Waals surface area contributed by atoms with Gasteiger partial charge in [-0.2, -0.15) is 13.2 Å². The summed E-state index contributed by atoms with van der Waals surface area (Å²) in [4.78, 5) is -1.03. The van der Waals surface area contributed by atoms with E-state index in [0.717, 1.165) is 6.07 Å². The van der Waals surface area contributed by atoms with Crippen molar-refractivity contribution in [3.05, 3.63) is 22.2 Å². The lowest BCUT2D eigenvalue weighted by molar-refractivity contribution is -0.139. The van der Waals surface area contributed by atoms with E-state index < -0.39 is 25.7 Å². The molecule has 0 aliphatic rings. The molecule has 0 saturated heterocycles. The van der Waals surface area contributed by atoms with Gasteiger partial charge in [0.15, 0.2) is 0 Å². The third-order valence-electron chi connectivity index (χ3n) is 1.62. The largest absolute Gasteiger partial charge is 0.417 e. The van der Waals surface area contributed by atoms with Gasteiger partial charge in [0.2, 0.25) is 0 Å². The van der Waals surface area contributed by atoms with Crippen molar-refractivity contribution < 1.29 is 21.6 Å². The molecule has 90 valence electrons. The monoisotopic (exact) mass is 337 g/mol. The summed E-state index contributed by atoms with van der Waals surface area (Å²) in [5, 5.41) is 0. The Balaban J connectivity index is 3.72. The third-order valence-corrected chi connectivity index (χ3v) is 3.89. The van der Waals surface area contributed by atoms with E-state index in [4.69, 9.17) is 16.4 Å². The van der Waals surface area contributed by atoms with Crippen molar-refractivity contribution in [1.29, 1.82) is 0 Å². The van der Waals surface area contributed by atoms with Crippen LogP contribution in [0.3, 0.4) is 0 Å². The molecule has 3 nitrogen and oxygen atoms in total. The highest BCUT2D eigenvalue weighted by Crippen LogP contribution is 2.40. The van der Waals surface area contributed by atoms with Gasteiger partial charge < -0.3 is 5.73 Å². The van der Waals surface area contributed by atoms with Crippen LogP contribution in [-0.4, -0.2) is 8.42 Å². The second-order valence-corrected chi connectivity index (χ2v) is 6.17. The van der Waals surface area contributed by atoms with Crippen molar-refractivity contribution in [1.82, 2.24) is 0 Å². The van der Waals surface area contributed by atoms with Crippen molar-refractivity contribution in [3.63, 3.8) is 0 Å². The van der Waals surface area contributed by atoms with Crippen LogP contribution >= 0.6 is 26.6 Å².